The predicted octanol–water partition coefficient (Wildman–Crippen LogP) is 0.325. The topological polar surface area (TPSA) is 78.1 Å². The molecule has 1 aromatic heterocycles. The van der Waals surface area contributed by atoms with E-state index in [2.05, 4.69) is 9.97 Å². The lowest BCUT2D eigenvalue weighted by Crippen LogP contribution is -2.12. The Kier molecular flexibility index (Phi) is 3.53. The van der Waals surface area contributed by atoms with Crippen molar-refractivity contribution in [2.75, 3.05) is 13.7 Å². The molecular formula is C9H13N3O2. The van der Waals surface area contributed by atoms with Gasteiger partial charge < -0.3 is 10.5 Å². The van der Waals surface area contributed by atoms with Gasteiger partial charge in [0, 0.05) is 6.42 Å². The van der Waals surface area contributed by atoms with Crippen LogP contribution in [-0.4, -0.2) is 29.4 Å². The van der Waals surface area contributed by atoms with Crippen molar-refractivity contribution in [2.45, 2.75) is 13.3 Å². The average molecular weight is 195 g/mol. The second-order valence-corrected chi connectivity index (χ2v) is 2.81. The zero-order valence-corrected chi connectivity index (χ0v) is 8.28. The standard InChI is InChI=1S/C9H13N3O2/c1-6-8(7(13)3-4-10)9(14-2)12-5-11-6/h5H,3-4,10H2,1-2H3. The number of nitrogens with zero attached hydrogens (tertiary/aromatic N) is 2. The van der Waals surface area contributed by atoms with Gasteiger partial charge in [-0.25, -0.2) is 9.97 Å². The summed E-state index contributed by atoms with van der Waals surface area (Å²) >= 11 is 0. The summed E-state index contributed by atoms with van der Waals surface area (Å²) in [5.74, 6) is 0.235. The monoisotopic (exact) mass is 195 g/mol. The molecule has 1 rings (SSSR count). The van der Waals surface area contributed by atoms with Gasteiger partial charge in [-0.1, -0.05) is 0 Å². The average Bonchev–Trinajstić information content (AvgIpc) is 2.17. The molecule has 0 aliphatic carbocycles. The van der Waals surface area contributed by atoms with Gasteiger partial charge in [0.25, 0.3) is 0 Å². The Morgan fingerprint density at radius 1 is 1.57 bits per heavy atom. The molecular weight excluding hydrogens is 182 g/mol. The molecule has 0 unspecified atom stereocenters. The molecule has 0 amide bonds. The molecule has 0 atom stereocenters. The van der Waals surface area contributed by atoms with Gasteiger partial charge >= 0.3 is 0 Å². The number of nitrogens with two attached hydrogens (primary N) is 1. The molecule has 0 aliphatic heterocycles. The van der Waals surface area contributed by atoms with E-state index in [0.717, 1.165) is 0 Å². The zero-order valence-electron chi connectivity index (χ0n) is 8.28. The molecule has 5 heteroatoms. The number of ether oxygens (including phenoxy) is 1. The summed E-state index contributed by atoms with van der Waals surface area (Å²) in [6, 6.07) is 0. The van der Waals surface area contributed by atoms with E-state index in [1.807, 2.05) is 0 Å². The Balaban J connectivity index is 3.10. The summed E-state index contributed by atoms with van der Waals surface area (Å²) in [7, 11) is 1.47. The first-order valence-corrected chi connectivity index (χ1v) is 4.29. The molecule has 2 N–H and O–H groups in total. The summed E-state index contributed by atoms with van der Waals surface area (Å²) in [4.78, 5) is 19.4. The maximum absolute atomic E-state index is 11.6. The first-order valence-electron chi connectivity index (χ1n) is 4.29. The molecule has 0 aliphatic rings. The van der Waals surface area contributed by atoms with Crippen molar-refractivity contribution < 1.29 is 9.53 Å². The second-order valence-electron chi connectivity index (χ2n) is 2.81. The number of hydrogen-bond acceptors (Lipinski definition) is 5. The first-order chi connectivity index (χ1) is 6.70. The third kappa shape index (κ3) is 2.05. The lowest BCUT2D eigenvalue weighted by Gasteiger charge is -2.07. The molecule has 1 heterocycles. The lowest BCUT2D eigenvalue weighted by atomic mass is 10.1. The maximum atomic E-state index is 11.6. The molecule has 0 bridgehead atoms. The number of rotatable bonds is 4. The minimum atomic E-state index is -0.0811. The van der Waals surface area contributed by atoms with E-state index in [0.29, 0.717) is 23.7 Å². The summed E-state index contributed by atoms with van der Waals surface area (Å²) in [6.45, 7) is 2.06. The fourth-order valence-corrected chi connectivity index (χ4v) is 1.18. The van der Waals surface area contributed by atoms with Gasteiger partial charge in [-0.15, -0.1) is 0 Å². The van der Waals surface area contributed by atoms with Crippen molar-refractivity contribution in [3.8, 4) is 5.88 Å². The predicted molar refractivity (Wildman–Crippen MR) is 51.3 cm³/mol. The lowest BCUT2D eigenvalue weighted by molar-refractivity contribution is 0.0980. The van der Waals surface area contributed by atoms with Crippen LogP contribution in [0.1, 0.15) is 22.5 Å². The molecule has 0 saturated carbocycles. The Bertz CT molecular complexity index is 339. The Morgan fingerprint density at radius 3 is 2.86 bits per heavy atom. The van der Waals surface area contributed by atoms with E-state index in [9.17, 15) is 4.79 Å². The van der Waals surface area contributed by atoms with Crippen LogP contribution >= 0.6 is 0 Å². The number of carbonyl (C=O) groups is 1. The maximum Gasteiger partial charge on any atom is 0.227 e. The summed E-state index contributed by atoms with van der Waals surface area (Å²) < 4.78 is 4.98. The van der Waals surface area contributed by atoms with E-state index in [1.165, 1.54) is 13.4 Å². The second kappa shape index (κ2) is 4.66. The number of ketones is 1. The van der Waals surface area contributed by atoms with Crippen molar-refractivity contribution in [3.05, 3.63) is 17.6 Å². The molecule has 76 valence electrons. The molecule has 0 saturated heterocycles. The molecule has 0 spiro atoms. The molecule has 5 nitrogen and oxygen atoms in total. The number of aryl methyl sites for hydroxylation is 1. The number of hydrogen-bond donors (Lipinski definition) is 1. The minimum Gasteiger partial charge on any atom is -0.480 e. The third-order valence-corrected chi connectivity index (χ3v) is 1.85. The highest BCUT2D eigenvalue weighted by Gasteiger charge is 2.16. The number of aromatic nitrogens is 2. The van der Waals surface area contributed by atoms with Crippen LogP contribution in [0.5, 0.6) is 5.88 Å². The summed E-state index contributed by atoms with van der Waals surface area (Å²) in [5.41, 5.74) is 6.36. The third-order valence-electron chi connectivity index (χ3n) is 1.85. The molecule has 1 aromatic rings. The van der Waals surface area contributed by atoms with Gasteiger partial charge in [0.2, 0.25) is 5.88 Å². The van der Waals surface area contributed by atoms with E-state index in [4.69, 9.17) is 10.5 Å². The van der Waals surface area contributed by atoms with Crippen LogP contribution in [0.25, 0.3) is 0 Å². The van der Waals surface area contributed by atoms with Gasteiger partial charge in [0.05, 0.1) is 12.8 Å². The molecule has 0 radical (unpaired) electrons. The fourth-order valence-electron chi connectivity index (χ4n) is 1.18. The molecule has 14 heavy (non-hydrogen) atoms. The molecule has 0 fully saturated rings. The van der Waals surface area contributed by atoms with E-state index in [1.54, 1.807) is 6.92 Å². The van der Waals surface area contributed by atoms with Crippen LogP contribution in [-0.2, 0) is 0 Å². The van der Waals surface area contributed by atoms with E-state index in [-0.39, 0.29) is 12.2 Å². The largest absolute Gasteiger partial charge is 0.480 e. The smallest absolute Gasteiger partial charge is 0.227 e. The van der Waals surface area contributed by atoms with Crippen molar-refractivity contribution in [1.82, 2.24) is 9.97 Å². The highest BCUT2D eigenvalue weighted by atomic mass is 16.5. The van der Waals surface area contributed by atoms with Crippen molar-refractivity contribution in [2.24, 2.45) is 5.73 Å². The van der Waals surface area contributed by atoms with Crippen LogP contribution in [0.3, 0.4) is 0 Å². The van der Waals surface area contributed by atoms with E-state index < -0.39 is 0 Å². The van der Waals surface area contributed by atoms with Crippen molar-refractivity contribution in [3.63, 3.8) is 0 Å². The summed E-state index contributed by atoms with van der Waals surface area (Å²) in [6.07, 6.45) is 1.65. The quantitative estimate of drug-likeness (QED) is 0.700. The van der Waals surface area contributed by atoms with Crippen LogP contribution in [0.2, 0.25) is 0 Å². The fraction of sp³-hybridized carbons (Fsp3) is 0.444. The van der Waals surface area contributed by atoms with Crippen LogP contribution in [0, 0.1) is 6.92 Å². The highest BCUT2D eigenvalue weighted by molar-refractivity contribution is 5.99. The Labute approximate surface area is 82.3 Å². The zero-order chi connectivity index (χ0) is 10.6. The Hall–Kier alpha value is -1.49. The number of methoxy groups -OCH3 is 1. The van der Waals surface area contributed by atoms with Crippen molar-refractivity contribution >= 4 is 5.78 Å². The number of Topliss-reactive ketones (excluding diaryl/α,β-unsaturated/α-hetero) is 1. The number of carbonyl (C=O) groups excluding carboxylic acids is 1. The summed E-state index contributed by atoms with van der Waals surface area (Å²) in [5, 5.41) is 0. The van der Waals surface area contributed by atoms with Crippen molar-refractivity contribution in [1.29, 1.82) is 0 Å². The highest BCUT2D eigenvalue weighted by Crippen LogP contribution is 2.18. The van der Waals surface area contributed by atoms with Gasteiger partial charge in [0.1, 0.15) is 11.9 Å². The van der Waals surface area contributed by atoms with Crippen LogP contribution in [0.4, 0.5) is 0 Å². The van der Waals surface area contributed by atoms with Gasteiger partial charge in [-0.2, -0.15) is 0 Å². The van der Waals surface area contributed by atoms with E-state index >= 15 is 0 Å². The van der Waals surface area contributed by atoms with Gasteiger partial charge in [-0.3, -0.25) is 4.79 Å². The van der Waals surface area contributed by atoms with Crippen LogP contribution < -0.4 is 10.5 Å². The van der Waals surface area contributed by atoms with Gasteiger partial charge in [-0.05, 0) is 13.5 Å². The normalized spacial score (nSPS) is 9.93. The Morgan fingerprint density at radius 2 is 2.29 bits per heavy atom. The minimum absolute atomic E-state index is 0.0811. The van der Waals surface area contributed by atoms with Gasteiger partial charge in [0.15, 0.2) is 5.78 Å². The SMILES string of the molecule is COc1ncnc(C)c1C(=O)CCN. The van der Waals surface area contributed by atoms with Crippen LogP contribution in [0.15, 0.2) is 6.33 Å². The molecule has 0 aromatic carbocycles. The first kappa shape index (κ1) is 10.6.